The molecular formula is C11H18N4O2. The SMILES string of the molecule is Cc1nc(CCNC2CCCNC(=O)C2)no1. The molecule has 0 spiro atoms. The Bertz CT molecular complexity index is 377. The van der Waals surface area contributed by atoms with E-state index in [0.29, 0.717) is 18.1 Å². The highest BCUT2D eigenvalue weighted by atomic mass is 16.5. The highest BCUT2D eigenvalue weighted by Gasteiger charge is 2.16. The maximum Gasteiger partial charge on any atom is 0.223 e. The minimum atomic E-state index is 0.135. The lowest BCUT2D eigenvalue weighted by atomic mass is 10.1. The standard InChI is InChI=1S/C11H18N4O2/c1-8-14-10(15-17-8)4-6-12-9-3-2-5-13-11(16)7-9/h9,12H,2-7H2,1H3,(H,13,16). The van der Waals surface area contributed by atoms with E-state index in [-0.39, 0.29) is 11.9 Å². The van der Waals surface area contributed by atoms with E-state index >= 15 is 0 Å². The zero-order valence-electron chi connectivity index (χ0n) is 10.0. The van der Waals surface area contributed by atoms with E-state index in [1.165, 1.54) is 0 Å². The first-order valence-electron chi connectivity index (χ1n) is 6.03. The van der Waals surface area contributed by atoms with E-state index in [0.717, 1.165) is 32.4 Å². The van der Waals surface area contributed by atoms with Crippen LogP contribution in [0, 0.1) is 6.92 Å². The van der Waals surface area contributed by atoms with E-state index in [1.54, 1.807) is 6.92 Å². The van der Waals surface area contributed by atoms with Crippen molar-refractivity contribution >= 4 is 5.91 Å². The van der Waals surface area contributed by atoms with Crippen molar-refractivity contribution in [2.24, 2.45) is 0 Å². The van der Waals surface area contributed by atoms with Gasteiger partial charge in [0.2, 0.25) is 11.8 Å². The number of hydrogen-bond donors (Lipinski definition) is 2. The molecule has 1 saturated heterocycles. The van der Waals surface area contributed by atoms with Crippen LogP contribution in [-0.2, 0) is 11.2 Å². The molecule has 17 heavy (non-hydrogen) atoms. The maximum atomic E-state index is 11.3. The van der Waals surface area contributed by atoms with Gasteiger partial charge < -0.3 is 15.2 Å². The summed E-state index contributed by atoms with van der Waals surface area (Å²) < 4.78 is 4.89. The number of nitrogens with zero attached hydrogens (tertiary/aromatic N) is 2. The Morgan fingerprint density at radius 3 is 3.24 bits per heavy atom. The molecule has 2 rings (SSSR count). The van der Waals surface area contributed by atoms with Gasteiger partial charge in [-0.05, 0) is 12.8 Å². The highest BCUT2D eigenvalue weighted by Crippen LogP contribution is 2.06. The summed E-state index contributed by atoms with van der Waals surface area (Å²) in [5.41, 5.74) is 0. The van der Waals surface area contributed by atoms with Crippen molar-refractivity contribution in [3.63, 3.8) is 0 Å². The molecule has 94 valence electrons. The summed E-state index contributed by atoms with van der Waals surface area (Å²) in [6.07, 6.45) is 3.36. The fourth-order valence-corrected chi connectivity index (χ4v) is 1.98. The first-order valence-corrected chi connectivity index (χ1v) is 6.03. The molecule has 1 amide bonds. The summed E-state index contributed by atoms with van der Waals surface area (Å²) in [5, 5.41) is 10.1. The third-order valence-corrected chi connectivity index (χ3v) is 2.83. The Morgan fingerprint density at radius 2 is 2.47 bits per heavy atom. The van der Waals surface area contributed by atoms with Crippen LogP contribution >= 0.6 is 0 Å². The van der Waals surface area contributed by atoms with Gasteiger partial charge in [-0.2, -0.15) is 4.98 Å². The van der Waals surface area contributed by atoms with Gasteiger partial charge in [-0.3, -0.25) is 4.79 Å². The summed E-state index contributed by atoms with van der Waals surface area (Å²) >= 11 is 0. The second kappa shape index (κ2) is 5.77. The predicted octanol–water partition coefficient (Wildman–Crippen LogP) is 0.179. The maximum absolute atomic E-state index is 11.3. The van der Waals surface area contributed by atoms with Crippen molar-refractivity contribution in [1.82, 2.24) is 20.8 Å². The average Bonchev–Trinajstić information content (AvgIpc) is 2.58. The molecule has 1 aliphatic rings. The zero-order valence-corrected chi connectivity index (χ0v) is 10.0. The third-order valence-electron chi connectivity index (χ3n) is 2.83. The van der Waals surface area contributed by atoms with E-state index in [4.69, 9.17) is 4.52 Å². The largest absolute Gasteiger partial charge is 0.356 e. The van der Waals surface area contributed by atoms with Crippen molar-refractivity contribution in [1.29, 1.82) is 0 Å². The molecule has 2 N–H and O–H groups in total. The van der Waals surface area contributed by atoms with Crippen LogP contribution in [0.2, 0.25) is 0 Å². The van der Waals surface area contributed by atoms with Crippen LogP contribution in [0.4, 0.5) is 0 Å². The molecule has 1 aromatic rings. The van der Waals surface area contributed by atoms with Gasteiger partial charge in [0.05, 0.1) is 0 Å². The molecule has 0 aliphatic carbocycles. The number of carbonyl (C=O) groups is 1. The molecule has 0 aromatic carbocycles. The van der Waals surface area contributed by atoms with Crippen LogP contribution in [0.5, 0.6) is 0 Å². The minimum absolute atomic E-state index is 0.135. The number of aromatic nitrogens is 2. The highest BCUT2D eigenvalue weighted by molar-refractivity contribution is 5.76. The second-order valence-corrected chi connectivity index (χ2v) is 4.33. The van der Waals surface area contributed by atoms with Crippen LogP contribution in [0.25, 0.3) is 0 Å². The van der Waals surface area contributed by atoms with E-state index in [2.05, 4.69) is 20.8 Å². The van der Waals surface area contributed by atoms with Gasteiger partial charge in [-0.25, -0.2) is 0 Å². The van der Waals surface area contributed by atoms with Crippen LogP contribution in [-0.4, -0.2) is 35.2 Å². The number of rotatable bonds is 4. The Balaban J connectivity index is 1.72. The molecule has 1 aliphatic heterocycles. The van der Waals surface area contributed by atoms with Crippen LogP contribution < -0.4 is 10.6 Å². The van der Waals surface area contributed by atoms with Gasteiger partial charge in [-0.1, -0.05) is 5.16 Å². The molecule has 6 nitrogen and oxygen atoms in total. The molecule has 1 fully saturated rings. The second-order valence-electron chi connectivity index (χ2n) is 4.33. The quantitative estimate of drug-likeness (QED) is 0.782. The van der Waals surface area contributed by atoms with Crippen molar-refractivity contribution in [3.05, 3.63) is 11.7 Å². The molecular weight excluding hydrogens is 220 g/mol. The number of aryl methyl sites for hydroxylation is 1. The number of nitrogens with one attached hydrogen (secondary N) is 2. The van der Waals surface area contributed by atoms with Crippen LogP contribution in [0.1, 0.15) is 31.0 Å². The normalized spacial score (nSPS) is 21.0. The van der Waals surface area contributed by atoms with Crippen molar-refractivity contribution < 1.29 is 9.32 Å². The van der Waals surface area contributed by atoms with Crippen LogP contribution in [0.3, 0.4) is 0 Å². The zero-order chi connectivity index (χ0) is 12.1. The first-order chi connectivity index (χ1) is 8.24. The summed E-state index contributed by atoms with van der Waals surface area (Å²) in [4.78, 5) is 15.5. The average molecular weight is 238 g/mol. The fourth-order valence-electron chi connectivity index (χ4n) is 1.98. The lowest BCUT2D eigenvalue weighted by molar-refractivity contribution is -0.121. The van der Waals surface area contributed by atoms with E-state index in [1.807, 2.05) is 0 Å². The van der Waals surface area contributed by atoms with Gasteiger partial charge >= 0.3 is 0 Å². The van der Waals surface area contributed by atoms with Crippen molar-refractivity contribution in [2.45, 2.75) is 38.6 Å². The Hall–Kier alpha value is -1.43. The summed E-state index contributed by atoms with van der Waals surface area (Å²) in [5.74, 6) is 1.44. The monoisotopic (exact) mass is 238 g/mol. The summed E-state index contributed by atoms with van der Waals surface area (Å²) in [7, 11) is 0. The Kier molecular flexibility index (Phi) is 4.08. The minimum Gasteiger partial charge on any atom is -0.356 e. The smallest absolute Gasteiger partial charge is 0.223 e. The van der Waals surface area contributed by atoms with E-state index in [9.17, 15) is 4.79 Å². The van der Waals surface area contributed by atoms with Gasteiger partial charge in [0.1, 0.15) is 0 Å². The van der Waals surface area contributed by atoms with E-state index < -0.39 is 0 Å². The Labute approximate surface area is 100 Å². The molecule has 2 heterocycles. The summed E-state index contributed by atoms with van der Waals surface area (Å²) in [6.45, 7) is 3.34. The van der Waals surface area contributed by atoms with Crippen LogP contribution in [0.15, 0.2) is 4.52 Å². The number of carbonyl (C=O) groups excluding carboxylic acids is 1. The number of hydrogen-bond acceptors (Lipinski definition) is 5. The summed E-state index contributed by atoms with van der Waals surface area (Å²) in [6, 6.07) is 0.269. The fraction of sp³-hybridized carbons (Fsp3) is 0.727. The lowest BCUT2D eigenvalue weighted by Gasteiger charge is -2.13. The lowest BCUT2D eigenvalue weighted by Crippen LogP contribution is -2.33. The number of amides is 1. The van der Waals surface area contributed by atoms with Gasteiger partial charge in [-0.15, -0.1) is 0 Å². The van der Waals surface area contributed by atoms with Crippen molar-refractivity contribution in [3.8, 4) is 0 Å². The molecule has 6 heteroatoms. The van der Waals surface area contributed by atoms with Crippen molar-refractivity contribution in [2.75, 3.05) is 13.1 Å². The molecule has 0 saturated carbocycles. The van der Waals surface area contributed by atoms with Gasteiger partial charge in [0.15, 0.2) is 5.82 Å². The Morgan fingerprint density at radius 1 is 1.59 bits per heavy atom. The molecule has 0 bridgehead atoms. The molecule has 1 aromatic heterocycles. The molecule has 1 unspecified atom stereocenters. The predicted molar refractivity (Wildman–Crippen MR) is 61.4 cm³/mol. The third kappa shape index (κ3) is 3.81. The first kappa shape index (κ1) is 12.0. The topological polar surface area (TPSA) is 80.0 Å². The van der Waals surface area contributed by atoms with Gasteiger partial charge in [0, 0.05) is 38.9 Å². The molecule has 0 radical (unpaired) electrons. The van der Waals surface area contributed by atoms with Gasteiger partial charge in [0.25, 0.3) is 0 Å². The molecule has 1 atom stereocenters.